The number of benzene rings is 2. The third-order valence-corrected chi connectivity index (χ3v) is 5.06. The number of carbonyl (C=O) groups is 3. The molecule has 3 rings (SSSR count). The van der Waals surface area contributed by atoms with Crippen LogP contribution in [0.25, 0.3) is 0 Å². The van der Waals surface area contributed by atoms with Crippen LogP contribution in [-0.2, 0) is 19.1 Å². The molecule has 2 aromatic carbocycles. The van der Waals surface area contributed by atoms with E-state index in [-0.39, 0.29) is 43.8 Å². The van der Waals surface area contributed by atoms with E-state index < -0.39 is 12.0 Å². The van der Waals surface area contributed by atoms with E-state index in [1.54, 1.807) is 37.1 Å². The van der Waals surface area contributed by atoms with E-state index in [4.69, 9.17) is 9.47 Å². The fourth-order valence-electron chi connectivity index (χ4n) is 3.52. The van der Waals surface area contributed by atoms with Crippen LogP contribution in [0, 0.1) is 5.92 Å². The molecule has 1 fully saturated rings. The highest BCUT2D eigenvalue weighted by Crippen LogP contribution is 2.28. The summed E-state index contributed by atoms with van der Waals surface area (Å²) in [7, 11) is 1.56. The van der Waals surface area contributed by atoms with E-state index in [0.717, 1.165) is 5.56 Å². The normalized spacial score (nSPS) is 16.8. The molecule has 1 heterocycles. The number of nitrogens with one attached hydrogen (secondary N) is 1. The molecule has 1 aliphatic rings. The van der Waals surface area contributed by atoms with Gasteiger partial charge < -0.3 is 19.7 Å². The smallest absolute Gasteiger partial charge is 0.308 e. The van der Waals surface area contributed by atoms with Gasteiger partial charge >= 0.3 is 5.97 Å². The number of carbonyl (C=O) groups excluding carboxylic acids is 3. The zero-order chi connectivity index (χ0) is 21.5. The summed E-state index contributed by atoms with van der Waals surface area (Å²) in [5, 5.41) is 2.94. The molecule has 0 aliphatic carbocycles. The first-order valence-corrected chi connectivity index (χ1v) is 9.97. The monoisotopic (exact) mass is 410 g/mol. The number of amides is 2. The average Bonchev–Trinajstić information content (AvgIpc) is 3.16. The van der Waals surface area contributed by atoms with Gasteiger partial charge in [-0.3, -0.25) is 14.4 Å². The average molecular weight is 410 g/mol. The van der Waals surface area contributed by atoms with Crippen molar-refractivity contribution in [3.05, 3.63) is 60.2 Å². The molecular weight excluding hydrogens is 384 g/mol. The van der Waals surface area contributed by atoms with Gasteiger partial charge in [-0.05, 0) is 24.6 Å². The third kappa shape index (κ3) is 5.17. The molecule has 0 radical (unpaired) electrons. The molecule has 0 spiro atoms. The molecule has 0 saturated carbocycles. The fourth-order valence-corrected chi connectivity index (χ4v) is 3.52. The summed E-state index contributed by atoms with van der Waals surface area (Å²) >= 11 is 0. The summed E-state index contributed by atoms with van der Waals surface area (Å²) in [5.41, 5.74) is 1.51. The molecule has 2 aromatic rings. The third-order valence-electron chi connectivity index (χ3n) is 5.06. The van der Waals surface area contributed by atoms with Crippen molar-refractivity contribution in [3.8, 4) is 5.75 Å². The Morgan fingerprint density at radius 2 is 1.93 bits per heavy atom. The Morgan fingerprint density at radius 1 is 1.17 bits per heavy atom. The summed E-state index contributed by atoms with van der Waals surface area (Å²) < 4.78 is 10.3. The number of anilines is 1. The number of methoxy groups -OCH3 is 1. The van der Waals surface area contributed by atoms with Gasteiger partial charge in [0.25, 0.3) is 0 Å². The maximum absolute atomic E-state index is 12.9. The van der Waals surface area contributed by atoms with E-state index in [1.807, 2.05) is 36.4 Å². The van der Waals surface area contributed by atoms with Gasteiger partial charge in [-0.15, -0.1) is 0 Å². The number of esters is 1. The lowest BCUT2D eigenvalue weighted by Crippen LogP contribution is -2.36. The van der Waals surface area contributed by atoms with Crippen LogP contribution < -0.4 is 15.0 Å². The maximum atomic E-state index is 12.9. The van der Waals surface area contributed by atoms with Crippen LogP contribution in [0.4, 0.5) is 5.69 Å². The van der Waals surface area contributed by atoms with Crippen LogP contribution in [0.1, 0.15) is 31.4 Å². The molecule has 158 valence electrons. The minimum absolute atomic E-state index is 0.0316. The fraction of sp³-hybridized carbons (Fsp3) is 0.348. The van der Waals surface area contributed by atoms with Crippen molar-refractivity contribution in [2.75, 3.05) is 25.2 Å². The first kappa shape index (κ1) is 21.4. The minimum Gasteiger partial charge on any atom is -0.497 e. The maximum Gasteiger partial charge on any atom is 0.308 e. The van der Waals surface area contributed by atoms with Crippen LogP contribution in [0.15, 0.2) is 54.6 Å². The number of ether oxygens (including phenoxy) is 2. The van der Waals surface area contributed by atoms with E-state index in [9.17, 15) is 14.4 Å². The van der Waals surface area contributed by atoms with Crippen LogP contribution in [0.2, 0.25) is 0 Å². The number of rotatable bonds is 8. The van der Waals surface area contributed by atoms with E-state index >= 15 is 0 Å². The van der Waals surface area contributed by atoms with Crippen molar-refractivity contribution < 1.29 is 23.9 Å². The van der Waals surface area contributed by atoms with Gasteiger partial charge in [0.15, 0.2) is 0 Å². The Hall–Kier alpha value is -3.35. The SMILES string of the molecule is CCOC(=O)CC(NC(=O)C1CC(=O)N(c2cccc(OC)c2)C1)c1ccccc1. The Kier molecular flexibility index (Phi) is 7.06. The lowest BCUT2D eigenvalue weighted by molar-refractivity contribution is -0.144. The topological polar surface area (TPSA) is 84.9 Å². The Bertz CT molecular complexity index is 899. The van der Waals surface area contributed by atoms with Crippen molar-refractivity contribution >= 4 is 23.5 Å². The van der Waals surface area contributed by atoms with Gasteiger partial charge in [0.05, 0.1) is 32.1 Å². The summed E-state index contributed by atoms with van der Waals surface area (Å²) in [4.78, 5) is 39.1. The zero-order valence-electron chi connectivity index (χ0n) is 17.2. The molecule has 0 aromatic heterocycles. The lowest BCUT2D eigenvalue weighted by atomic mass is 10.0. The molecule has 7 nitrogen and oxygen atoms in total. The highest BCUT2D eigenvalue weighted by atomic mass is 16.5. The zero-order valence-corrected chi connectivity index (χ0v) is 17.2. The quantitative estimate of drug-likeness (QED) is 0.677. The van der Waals surface area contributed by atoms with Crippen LogP contribution in [0.5, 0.6) is 5.75 Å². The predicted molar refractivity (Wildman–Crippen MR) is 112 cm³/mol. The van der Waals surface area contributed by atoms with Crippen molar-refractivity contribution in [2.45, 2.75) is 25.8 Å². The molecule has 1 aliphatic heterocycles. The van der Waals surface area contributed by atoms with E-state index in [0.29, 0.717) is 11.4 Å². The largest absolute Gasteiger partial charge is 0.497 e. The first-order chi connectivity index (χ1) is 14.5. The second kappa shape index (κ2) is 9.91. The van der Waals surface area contributed by atoms with E-state index in [1.165, 1.54) is 0 Å². The van der Waals surface area contributed by atoms with Gasteiger partial charge in [0.2, 0.25) is 11.8 Å². The summed E-state index contributed by atoms with van der Waals surface area (Å²) in [6.07, 6.45) is 0.147. The predicted octanol–water partition coefficient (Wildman–Crippen LogP) is 2.86. The molecule has 2 unspecified atom stereocenters. The molecule has 30 heavy (non-hydrogen) atoms. The second-order valence-electron chi connectivity index (χ2n) is 7.09. The molecule has 2 amide bonds. The molecule has 2 atom stereocenters. The number of hydrogen-bond donors (Lipinski definition) is 1. The van der Waals surface area contributed by atoms with E-state index in [2.05, 4.69) is 5.32 Å². The standard InChI is InChI=1S/C23H26N2O5/c1-3-30-22(27)14-20(16-8-5-4-6-9-16)24-23(28)17-12-21(26)25(15-17)18-10-7-11-19(13-18)29-2/h4-11,13,17,20H,3,12,14-15H2,1-2H3,(H,24,28). The molecule has 1 saturated heterocycles. The second-order valence-corrected chi connectivity index (χ2v) is 7.09. The van der Waals surface area contributed by atoms with Crippen LogP contribution in [-0.4, -0.2) is 38.0 Å². The number of nitrogens with zero attached hydrogens (tertiary/aromatic N) is 1. The first-order valence-electron chi connectivity index (χ1n) is 9.97. The van der Waals surface area contributed by atoms with Gasteiger partial charge in [-0.1, -0.05) is 36.4 Å². The molecule has 7 heteroatoms. The van der Waals surface area contributed by atoms with Crippen LogP contribution in [0.3, 0.4) is 0 Å². The molecular formula is C23H26N2O5. The van der Waals surface area contributed by atoms with Gasteiger partial charge in [0.1, 0.15) is 5.75 Å². The van der Waals surface area contributed by atoms with Crippen molar-refractivity contribution in [1.82, 2.24) is 5.32 Å². The van der Waals surface area contributed by atoms with Gasteiger partial charge in [-0.2, -0.15) is 0 Å². The number of hydrogen-bond acceptors (Lipinski definition) is 5. The van der Waals surface area contributed by atoms with Crippen molar-refractivity contribution in [1.29, 1.82) is 0 Å². The summed E-state index contributed by atoms with van der Waals surface area (Å²) in [5.74, 6) is -0.618. The lowest BCUT2D eigenvalue weighted by Gasteiger charge is -2.21. The van der Waals surface area contributed by atoms with Gasteiger partial charge in [-0.25, -0.2) is 0 Å². The molecule has 0 bridgehead atoms. The van der Waals surface area contributed by atoms with Crippen molar-refractivity contribution in [3.63, 3.8) is 0 Å². The van der Waals surface area contributed by atoms with Crippen LogP contribution >= 0.6 is 0 Å². The minimum atomic E-state index is -0.515. The Labute approximate surface area is 176 Å². The van der Waals surface area contributed by atoms with Gasteiger partial charge in [0, 0.05) is 24.7 Å². The highest BCUT2D eigenvalue weighted by Gasteiger charge is 2.36. The summed E-state index contributed by atoms with van der Waals surface area (Å²) in [6.45, 7) is 2.30. The summed E-state index contributed by atoms with van der Waals surface area (Å²) in [6, 6.07) is 16.0. The Balaban J connectivity index is 1.71. The highest BCUT2D eigenvalue weighted by molar-refractivity contribution is 6.00. The Morgan fingerprint density at radius 3 is 2.63 bits per heavy atom. The van der Waals surface area contributed by atoms with Crippen molar-refractivity contribution in [2.24, 2.45) is 5.92 Å². The molecule has 1 N–H and O–H groups in total.